The van der Waals surface area contributed by atoms with Gasteiger partial charge in [-0.3, -0.25) is 10.1 Å². The van der Waals surface area contributed by atoms with Crippen LogP contribution in [-0.2, 0) is 4.79 Å². The largest absolute Gasteiger partial charge is 0.335 e. The predicted octanol–water partition coefficient (Wildman–Crippen LogP) is 0.775. The van der Waals surface area contributed by atoms with Gasteiger partial charge in [0.2, 0.25) is 5.91 Å². The van der Waals surface area contributed by atoms with Crippen LogP contribution in [0.1, 0.15) is 32.6 Å². The second-order valence-corrected chi connectivity index (χ2v) is 3.06. The molecule has 12 heavy (non-hydrogen) atoms. The average Bonchev–Trinajstić information content (AvgIpc) is 1.99. The van der Waals surface area contributed by atoms with E-state index in [0.29, 0.717) is 6.42 Å². The molecule has 3 amide bonds. The SMILES string of the molecule is CCCCC1CC(=O)NC(=O)N1. The Morgan fingerprint density at radius 3 is 2.83 bits per heavy atom. The highest BCUT2D eigenvalue weighted by Crippen LogP contribution is 2.06. The van der Waals surface area contributed by atoms with Crippen molar-refractivity contribution in [2.75, 3.05) is 0 Å². The van der Waals surface area contributed by atoms with Crippen LogP contribution in [-0.4, -0.2) is 18.0 Å². The summed E-state index contributed by atoms with van der Waals surface area (Å²) in [5, 5.41) is 4.91. The van der Waals surface area contributed by atoms with Gasteiger partial charge in [-0.25, -0.2) is 4.79 Å². The van der Waals surface area contributed by atoms with Gasteiger partial charge in [0.25, 0.3) is 0 Å². The van der Waals surface area contributed by atoms with E-state index in [0.717, 1.165) is 19.3 Å². The summed E-state index contributed by atoms with van der Waals surface area (Å²) in [6.07, 6.45) is 3.47. The van der Waals surface area contributed by atoms with Crippen molar-refractivity contribution in [3.05, 3.63) is 0 Å². The Labute approximate surface area is 71.7 Å². The van der Waals surface area contributed by atoms with Crippen LogP contribution in [0.3, 0.4) is 0 Å². The highest BCUT2D eigenvalue weighted by atomic mass is 16.2. The van der Waals surface area contributed by atoms with E-state index in [1.165, 1.54) is 0 Å². The minimum absolute atomic E-state index is 0.0474. The number of nitrogens with one attached hydrogen (secondary N) is 2. The molecule has 4 heteroatoms. The number of hydrogen-bond donors (Lipinski definition) is 2. The summed E-state index contributed by atoms with van der Waals surface area (Å²) in [6, 6.07) is -0.307. The molecular formula is C8H14N2O2. The molecule has 1 rings (SSSR count). The lowest BCUT2D eigenvalue weighted by molar-refractivity contribution is -0.121. The van der Waals surface area contributed by atoms with Gasteiger partial charge >= 0.3 is 6.03 Å². The van der Waals surface area contributed by atoms with Crippen LogP contribution < -0.4 is 10.6 Å². The Balaban J connectivity index is 2.34. The van der Waals surface area contributed by atoms with E-state index >= 15 is 0 Å². The molecule has 2 N–H and O–H groups in total. The molecule has 68 valence electrons. The summed E-state index contributed by atoms with van der Waals surface area (Å²) in [6.45, 7) is 2.09. The van der Waals surface area contributed by atoms with Gasteiger partial charge in [-0.1, -0.05) is 19.8 Å². The summed E-state index contributed by atoms with van der Waals surface area (Å²) < 4.78 is 0. The van der Waals surface area contributed by atoms with Crippen molar-refractivity contribution in [3.8, 4) is 0 Å². The van der Waals surface area contributed by atoms with Gasteiger partial charge in [0, 0.05) is 12.5 Å². The quantitative estimate of drug-likeness (QED) is 0.657. The fraction of sp³-hybridized carbons (Fsp3) is 0.750. The summed E-state index contributed by atoms with van der Waals surface area (Å²) in [5.74, 6) is -0.167. The average molecular weight is 170 g/mol. The molecule has 0 saturated carbocycles. The van der Waals surface area contributed by atoms with Gasteiger partial charge in [0.1, 0.15) is 0 Å². The highest BCUT2D eigenvalue weighted by molar-refractivity contribution is 5.97. The third-order valence-electron chi connectivity index (χ3n) is 1.93. The Kier molecular flexibility index (Phi) is 3.08. The van der Waals surface area contributed by atoms with Crippen molar-refractivity contribution in [2.45, 2.75) is 38.6 Å². The maximum Gasteiger partial charge on any atom is 0.321 e. The first-order valence-corrected chi connectivity index (χ1v) is 4.32. The van der Waals surface area contributed by atoms with Gasteiger partial charge in [0.05, 0.1) is 0 Å². The molecule has 0 spiro atoms. The van der Waals surface area contributed by atoms with Crippen molar-refractivity contribution in [2.24, 2.45) is 0 Å². The third-order valence-corrected chi connectivity index (χ3v) is 1.93. The zero-order valence-corrected chi connectivity index (χ0v) is 7.22. The topological polar surface area (TPSA) is 58.2 Å². The molecule has 0 radical (unpaired) electrons. The first-order chi connectivity index (χ1) is 5.72. The lowest BCUT2D eigenvalue weighted by atomic mass is 10.1. The van der Waals surface area contributed by atoms with Gasteiger partial charge in [0.15, 0.2) is 0 Å². The number of urea groups is 1. The molecular weight excluding hydrogens is 156 g/mol. The molecule has 1 aliphatic heterocycles. The van der Waals surface area contributed by atoms with E-state index in [2.05, 4.69) is 17.6 Å². The smallest absolute Gasteiger partial charge is 0.321 e. The molecule has 1 heterocycles. The van der Waals surface area contributed by atoms with Crippen LogP contribution in [0.5, 0.6) is 0 Å². The Hall–Kier alpha value is -1.06. The molecule has 4 nitrogen and oxygen atoms in total. The number of carbonyl (C=O) groups excluding carboxylic acids is 2. The van der Waals surface area contributed by atoms with Crippen molar-refractivity contribution >= 4 is 11.9 Å². The van der Waals surface area contributed by atoms with Crippen LogP contribution in [0.2, 0.25) is 0 Å². The van der Waals surface area contributed by atoms with Gasteiger partial charge in [-0.05, 0) is 6.42 Å². The summed E-state index contributed by atoms with van der Waals surface area (Å²) >= 11 is 0. The Morgan fingerprint density at radius 2 is 2.25 bits per heavy atom. The number of imide groups is 1. The lowest BCUT2D eigenvalue weighted by Crippen LogP contribution is -2.52. The monoisotopic (exact) mass is 170 g/mol. The van der Waals surface area contributed by atoms with E-state index in [1.807, 2.05) is 0 Å². The highest BCUT2D eigenvalue weighted by Gasteiger charge is 2.22. The number of amides is 3. The molecule has 1 unspecified atom stereocenters. The van der Waals surface area contributed by atoms with Crippen molar-refractivity contribution in [1.82, 2.24) is 10.6 Å². The molecule has 0 aromatic rings. The minimum Gasteiger partial charge on any atom is -0.335 e. The van der Waals surface area contributed by atoms with Crippen LogP contribution >= 0.6 is 0 Å². The number of hydrogen-bond acceptors (Lipinski definition) is 2. The summed E-state index contributed by atoms with van der Waals surface area (Å²) in [5.41, 5.74) is 0. The lowest BCUT2D eigenvalue weighted by Gasteiger charge is -2.22. The fourth-order valence-corrected chi connectivity index (χ4v) is 1.30. The molecule has 0 aromatic carbocycles. The van der Waals surface area contributed by atoms with Crippen molar-refractivity contribution in [3.63, 3.8) is 0 Å². The zero-order valence-electron chi connectivity index (χ0n) is 7.22. The third kappa shape index (κ3) is 2.53. The molecule has 1 aliphatic rings. The maximum atomic E-state index is 10.9. The number of carbonyl (C=O) groups is 2. The zero-order chi connectivity index (χ0) is 8.97. The molecule has 0 aromatic heterocycles. The summed E-state index contributed by atoms with van der Waals surface area (Å²) in [4.78, 5) is 21.7. The molecule has 1 saturated heterocycles. The van der Waals surface area contributed by atoms with Gasteiger partial charge in [-0.15, -0.1) is 0 Å². The number of rotatable bonds is 3. The molecule has 0 aliphatic carbocycles. The van der Waals surface area contributed by atoms with E-state index in [4.69, 9.17) is 0 Å². The van der Waals surface area contributed by atoms with Crippen LogP contribution in [0, 0.1) is 0 Å². The van der Waals surface area contributed by atoms with Gasteiger partial charge in [-0.2, -0.15) is 0 Å². The normalized spacial score (nSPS) is 23.2. The molecule has 0 bridgehead atoms. The molecule has 1 atom stereocenters. The number of unbranched alkanes of at least 4 members (excludes halogenated alkanes) is 1. The van der Waals surface area contributed by atoms with E-state index < -0.39 is 0 Å². The van der Waals surface area contributed by atoms with E-state index in [9.17, 15) is 9.59 Å². The fourth-order valence-electron chi connectivity index (χ4n) is 1.30. The second kappa shape index (κ2) is 4.09. The standard InChI is InChI=1S/C8H14N2O2/c1-2-3-4-6-5-7(11)10-8(12)9-6/h6H,2-5H2,1H3,(H2,9,10,11,12). The van der Waals surface area contributed by atoms with Crippen molar-refractivity contribution in [1.29, 1.82) is 0 Å². The maximum absolute atomic E-state index is 10.9. The Morgan fingerprint density at radius 1 is 1.50 bits per heavy atom. The minimum atomic E-state index is -0.354. The first kappa shape index (κ1) is 9.03. The Bertz CT molecular complexity index is 175. The van der Waals surface area contributed by atoms with Gasteiger partial charge < -0.3 is 5.32 Å². The summed E-state index contributed by atoms with van der Waals surface area (Å²) in [7, 11) is 0. The van der Waals surface area contributed by atoms with Crippen LogP contribution in [0.25, 0.3) is 0 Å². The van der Waals surface area contributed by atoms with E-state index in [1.54, 1.807) is 0 Å². The van der Waals surface area contributed by atoms with Crippen LogP contribution in [0.4, 0.5) is 4.79 Å². The first-order valence-electron chi connectivity index (χ1n) is 4.32. The van der Waals surface area contributed by atoms with Crippen molar-refractivity contribution < 1.29 is 9.59 Å². The predicted molar refractivity (Wildman–Crippen MR) is 44.6 cm³/mol. The van der Waals surface area contributed by atoms with E-state index in [-0.39, 0.29) is 18.0 Å². The van der Waals surface area contributed by atoms with Crippen LogP contribution in [0.15, 0.2) is 0 Å². The second-order valence-electron chi connectivity index (χ2n) is 3.06. The molecule has 1 fully saturated rings.